The Labute approximate surface area is 354 Å². The second-order valence-electron chi connectivity index (χ2n) is 17.2. The molecular formula is C55H39N3SSi. The molecule has 5 heteroatoms. The summed E-state index contributed by atoms with van der Waals surface area (Å²) in [6, 6.07) is 64.9. The van der Waals surface area contributed by atoms with Crippen molar-refractivity contribution < 1.29 is 0 Å². The molecule has 0 amide bonds. The zero-order chi connectivity index (χ0) is 40.2. The van der Waals surface area contributed by atoms with E-state index in [1.165, 1.54) is 70.6 Å². The Hall–Kier alpha value is -6.79. The van der Waals surface area contributed by atoms with Crippen molar-refractivity contribution in [2.24, 2.45) is 0 Å². The molecule has 2 aromatic heterocycles. The van der Waals surface area contributed by atoms with E-state index < -0.39 is 13.5 Å². The lowest BCUT2D eigenvalue weighted by molar-refractivity contribution is 0.795. The molecule has 1 unspecified atom stereocenters. The van der Waals surface area contributed by atoms with Gasteiger partial charge in [0, 0.05) is 21.4 Å². The van der Waals surface area contributed by atoms with Gasteiger partial charge in [-0.2, -0.15) is 0 Å². The topological polar surface area (TPSA) is 38.7 Å². The average molecular weight is 802 g/mol. The molecule has 0 aliphatic heterocycles. The van der Waals surface area contributed by atoms with Crippen molar-refractivity contribution in [2.45, 2.75) is 25.1 Å². The summed E-state index contributed by atoms with van der Waals surface area (Å²) in [6.45, 7) is 7.13. The van der Waals surface area contributed by atoms with Crippen LogP contribution in [0.15, 0.2) is 181 Å². The molecule has 0 bridgehead atoms. The normalized spacial score (nSPS) is 15.0. The maximum Gasteiger partial charge on any atom is 0.165 e. The van der Waals surface area contributed by atoms with Crippen LogP contribution < -0.4 is 5.19 Å². The van der Waals surface area contributed by atoms with Gasteiger partial charge in [-0.05, 0) is 101 Å². The van der Waals surface area contributed by atoms with Gasteiger partial charge in [0.2, 0.25) is 0 Å². The molecule has 0 N–H and O–H groups in total. The van der Waals surface area contributed by atoms with Gasteiger partial charge in [-0.25, -0.2) is 15.0 Å². The first-order chi connectivity index (χ1) is 29.4. The second-order valence-corrected chi connectivity index (χ2v) is 23.2. The van der Waals surface area contributed by atoms with Crippen molar-refractivity contribution in [1.29, 1.82) is 0 Å². The fourth-order valence-corrected chi connectivity index (χ4v) is 12.0. The number of hydrogen-bond donors (Lipinski definition) is 0. The highest BCUT2D eigenvalue weighted by molar-refractivity contribution is 7.17. The number of thiophene rings is 1. The van der Waals surface area contributed by atoms with Gasteiger partial charge < -0.3 is 0 Å². The lowest BCUT2D eigenvalue weighted by Gasteiger charge is -2.31. The van der Waals surface area contributed by atoms with Crippen LogP contribution in [0.2, 0.25) is 19.6 Å². The van der Waals surface area contributed by atoms with E-state index in [9.17, 15) is 0 Å². The zero-order valence-corrected chi connectivity index (χ0v) is 35.4. The zero-order valence-electron chi connectivity index (χ0n) is 33.6. The molecule has 3 nitrogen and oxygen atoms in total. The summed E-state index contributed by atoms with van der Waals surface area (Å²) in [7, 11) is -1.48. The van der Waals surface area contributed by atoms with Crippen molar-refractivity contribution >= 4 is 45.5 Å². The van der Waals surface area contributed by atoms with Crippen molar-refractivity contribution in [1.82, 2.24) is 15.0 Å². The lowest BCUT2D eigenvalue weighted by atomic mass is 9.70. The first-order valence-electron chi connectivity index (χ1n) is 20.7. The number of rotatable bonds is 5. The Morgan fingerprint density at radius 1 is 0.417 bits per heavy atom. The van der Waals surface area contributed by atoms with Gasteiger partial charge >= 0.3 is 0 Å². The molecule has 1 atom stereocenters. The fourth-order valence-electron chi connectivity index (χ4n) is 9.97. The largest absolute Gasteiger partial charge is 0.208 e. The number of fused-ring (bicyclic) bond motifs is 13. The Balaban J connectivity index is 1.04. The van der Waals surface area contributed by atoms with E-state index in [0.717, 1.165) is 27.8 Å². The van der Waals surface area contributed by atoms with Gasteiger partial charge in [-0.1, -0.05) is 176 Å². The van der Waals surface area contributed by atoms with Crippen LogP contribution >= 0.6 is 11.3 Å². The van der Waals surface area contributed by atoms with E-state index in [-0.39, 0.29) is 0 Å². The van der Waals surface area contributed by atoms with Gasteiger partial charge in [0.05, 0.1) is 13.5 Å². The average Bonchev–Trinajstić information content (AvgIpc) is 3.98. The Kier molecular flexibility index (Phi) is 7.68. The molecule has 60 heavy (non-hydrogen) atoms. The van der Waals surface area contributed by atoms with E-state index in [0.29, 0.717) is 17.5 Å². The highest BCUT2D eigenvalue weighted by Gasteiger charge is 2.52. The number of hydrogen-bond acceptors (Lipinski definition) is 4. The molecular weight excluding hydrogens is 763 g/mol. The van der Waals surface area contributed by atoms with Crippen molar-refractivity contribution in [3.05, 3.63) is 204 Å². The minimum absolute atomic E-state index is 0.443. The van der Waals surface area contributed by atoms with Crippen LogP contribution in [-0.2, 0) is 5.41 Å². The molecule has 2 aliphatic carbocycles. The first kappa shape index (κ1) is 35.2. The summed E-state index contributed by atoms with van der Waals surface area (Å²) < 4.78 is 1.18. The molecule has 0 radical (unpaired) electrons. The number of nitrogens with zero attached hydrogens (tertiary/aromatic N) is 3. The van der Waals surface area contributed by atoms with Crippen LogP contribution in [0.1, 0.15) is 22.3 Å². The van der Waals surface area contributed by atoms with Gasteiger partial charge in [-0.3, -0.25) is 0 Å². The maximum atomic E-state index is 5.23. The predicted molar refractivity (Wildman–Crippen MR) is 254 cm³/mol. The van der Waals surface area contributed by atoms with E-state index >= 15 is 0 Å². The SMILES string of the molecule is C[Si](C)(C)c1ccc(-c2nc(-c3cccc(-c4ccc5c(c4)C4(c6ccccc6-5)c5ccccc5-c5c4ccc4ccccc54)c3)nc(-c3cccc4ccsc34)n2)cc1. The fraction of sp³-hybridized carbons (Fsp3) is 0.0727. The minimum Gasteiger partial charge on any atom is -0.208 e. The number of benzene rings is 8. The lowest BCUT2D eigenvalue weighted by Crippen LogP contribution is -2.37. The monoisotopic (exact) mass is 801 g/mol. The summed E-state index contributed by atoms with van der Waals surface area (Å²) >= 11 is 1.73. The van der Waals surface area contributed by atoms with Crippen LogP contribution in [0, 0.1) is 0 Å². The van der Waals surface area contributed by atoms with Gasteiger partial charge in [-0.15, -0.1) is 11.3 Å². The van der Waals surface area contributed by atoms with Gasteiger partial charge in [0.15, 0.2) is 17.5 Å². The molecule has 2 heterocycles. The highest BCUT2D eigenvalue weighted by atomic mass is 32.1. The van der Waals surface area contributed by atoms with Crippen LogP contribution in [0.5, 0.6) is 0 Å². The van der Waals surface area contributed by atoms with Crippen LogP contribution in [0.25, 0.3) is 88.4 Å². The molecule has 12 rings (SSSR count). The quantitative estimate of drug-likeness (QED) is 0.163. The molecule has 0 fully saturated rings. The third kappa shape index (κ3) is 5.16. The Bertz CT molecular complexity index is 3380. The summed E-state index contributed by atoms with van der Waals surface area (Å²) in [5.41, 5.74) is 15.4. The summed E-state index contributed by atoms with van der Waals surface area (Å²) in [5.74, 6) is 2.03. The predicted octanol–water partition coefficient (Wildman–Crippen LogP) is 13.8. The van der Waals surface area contributed by atoms with Gasteiger partial charge in [0.25, 0.3) is 0 Å². The molecule has 1 spiro atoms. The van der Waals surface area contributed by atoms with E-state index in [4.69, 9.17) is 15.0 Å². The van der Waals surface area contributed by atoms with E-state index in [1.54, 1.807) is 11.3 Å². The molecule has 0 saturated heterocycles. The highest BCUT2D eigenvalue weighted by Crippen LogP contribution is 2.64. The molecule has 2 aliphatic rings. The standard InChI is InChI=1S/C55H39N3SSi/c1-60(2,3)40-26-22-36(23-27-40)52-56-53(58-54(57-52)45-19-11-13-35-30-31-59-51(35)45)39-15-10-14-37(32-39)38-24-28-43-42-17-6-8-20-46(42)55(49(43)33-38)47-21-9-7-18-44(47)50-41-16-5-4-12-34(41)25-29-48(50)55/h4-33H,1-3H3. The third-order valence-electron chi connectivity index (χ3n) is 12.8. The summed E-state index contributed by atoms with van der Waals surface area (Å²) in [6.07, 6.45) is 0. The van der Waals surface area contributed by atoms with Crippen molar-refractivity contribution in [3.63, 3.8) is 0 Å². The molecule has 8 aromatic carbocycles. The second kappa shape index (κ2) is 13.1. The minimum atomic E-state index is -1.48. The smallest absolute Gasteiger partial charge is 0.165 e. The molecule has 0 saturated carbocycles. The van der Waals surface area contributed by atoms with E-state index in [1.807, 2.05) is 0 Å². The van der Waals surface area contributed by atoms with Crippen LogP contribution in [0.4, 0.5) is 0 Å². The summed E-state index contributed by atoms with van der Waals surface area (Å²) in [4.78, 5) is 15.6. The molecule has 10 aromatic rings. The van der Waals surface area contributed by atoms with E-state index in [2.05, 4.69) is 201 Å². The maximum absolute atomic E-state index is 5.23. The van der Waals surface area contributed by atoms with Gasteiger partial charge in [0.1, 0.15) is 0 Å². The number of aromatic nitrogens is 3. The van der Waals surface area contributed by atoms with Crippen LogP contribution in [-0.4, -0.2) is 23.0 Å². The Morgan fingerprint density at radius 3 is 1.87 bits per heavy atom. The Morgan fingerprint density at radius 2 is 1.03 bits per heavy atom. The van der Waals surface area contributed by atoms with Crippen molar-refractivity contribution in [2.75, 3.05) is 0 Å². The third-order valence-corrected chi connectivity index (χ3v) is 15.8. The summed E-state index contributed by atoms with van der Waals surface area (Å²) in [5, 5.41) is 7.31. The van der Waals surface area contributed by atoms with Crippen LogP contribution in [0.3, 0.4) is 0 Å². The molecule has 284 valence electrons. The van der Waals surface area contributed by atoms with Crippen molar-refractivity contribution in [3.8, 4) is 67.5 Å². The first-order valence-corrected chi connectivity index (χ1v) is 25.1.